The molecule has 1 aromatic rings. The summed E-state index contributed by atoms with van der Waals surface area (Å²) in [5.41, 5.74) is 0.986. The lowest BCUT2D eigenvalue weighted by Crippen LogP contribution is -2.15. The van der Waals surface area contributed by atoms with Gasteiger partial charge in [-0.15, -0.1) is 0 Å². The van der Waals surface area contributed by atoms with Crippen LogP contribution in [0.25, 0.3) is 0 Å². The number of rotatable bonds is 6. The highest BCUT2D eigenvalue weighted by atomic mass is 15.0. The maximum Gasteiger partial charge on any atom is 0.144 e. The molecule has 1 rings (SSSR count). The molecule has 0 radical (unpaired) electrons. The van der Waals surface area contributed by atoms with Crippen LogP contribution in [-0.4, -0.2) is 23.1 Å². The highest BCUT2D eigenvalue weighted by Crippen LogP contribution is 1.99. The van der Waals surface area contributed by atoms with Crippen LogP contribution in [0.4, 0.5) is 5.82 Å². The summed E-state index contributed by atoms with van der Waals surface area (Å²) < 4.78 is 0. The molecule has 14 heavy (non-hydrogen) atoms. The van der Waals surface area contributed by atoms with Crippen LogP contribution >= 0.6 is 0 Å². The van der Waals surface area contributed by atoms with Crippen LogP contribution in [-0.2, 0) is 6.54 Å². The molecular formula is C10H18N4. The molecule has 1 heterocycles. The highest BCUT2D eigenvalue weighted by Gasteiger charge is 1.95. The lowest BCUT2D eigenvalue weighted by atomic mass is 10.4. The van der Waals surface area contributed by atoms with Gasteiger partial charge in [-0.2, -0.15) is 0 Å². The molecule has 0 atom stereocenters. The fraction of sp³-hybridized carbons (Fsp3) is 0.600. The van der Waals surface area contributed by atoms with Crippen molar-refractivity contribution < 1.29 is 0 Å². The van der Waals surface area contributed by atoms with Gasteiger partial charge in [-0.25, -0.2) is 4.98 Å². The fourth-order valence-corrected chi connectivity index (χ4v) is 1.11. The van der Waals surface area contributed by atoms with Crippen molar-refractivity contribution in [3.05, 3.63) is 18.1 Å². The van der Waals surface area contributed by atoms with Gasteiger partial charge in [0.2, 0.25) is 0 Å². The smallest absolute Gasteiger partial charge is 0.144 e. The van der Waals surface area contributed by atoms with Crippen molar-refractivity contribution in [3.8, 4) is 0 Å². The average Bonchev–Trinajstić information content (AvgIpc) is 2.21. The Balaban J connectivity index is 2.38. The van der Waals surface area contributed by atoms with E-state index in [1.165, 1.54) is 0 Å². The van der Waals surface area contributed by atoms with E-state index in [0.717, 1.165) is 37.6 Å². The lowest BCUT2D eigenvalue weighted by molar-refractivity contribution is 0.662. The van der Waals surface area contributed by atoms with Crippen LogP contribution in [0.15, 0.2) is 12.4 Å². The van der Waals surface area contributed by atoms with E-state index in [9.17, 15) is 0 Å². The first-order chi connectivity index (χ1) is 6.86. The number of hydrogen-bond acceptors (Lipinski definition) is 4. The van der Waals surface area contributed by atoms with Gasteiger partial charge in [0.15, 0.2) is 0 Å². The number of nitrogens with one attached hydrogen (secondary N) is 2. The van der Waals surface area contributed by atoms with Crippen LogP contribution < -0.4 is 10.6 Å². The third-order valence-electron chi connectivity index (χ3n) is 1.80. The van der Waals surface area contributed by atoms with E-state index in [0.29, 0.717) is 0 Å². The van der Waals surface area contributed by atoms with Crippen molar-refractivity contribution in [2.45, 2.75) is 26.8 Å². The maximum atomic E-state index is 4.28. The summed E-state index contributed by atoms with van der Waals surface area (Å²) in [7, 11) is 0. The lowest BCUT2D eigenvalue weighted by Gasteiger charge is -2.04. The largest absolute Gasteiger partial charge is 0.369 e. The van der Waals surface area contributed by atoms with E-state index in [1.54, 1.807) is 12.4 Å². The second-order valence-corrected chi connectivity index (χ2v) is 3.10. The van der Waals surface area contributed by atoms with E-state index in [-0.39, 0.29) is 0 Å². The molecule has 0 aliphatic rings. The Kier molecular flexibility index (Phi) is 4.93. The van der Waals surface area contributed by atoms with Crippen molar-refractivity contribution in [2.75, 3.05) is 18.4 Å². The standard InChI is InChI=1S/C10H18N4/c1-3-5-11-6-9-7-14-10(8-13-9)12-4-2/h7-8,11H,3-6H2,1-2H3,(H,12,14). The van der Waals surface area contributed by atoms with Gasteiger partial charge in [0.05, 0.1) is 18.1 Å². The predicted molar refractivity (Wildman–Crippen MR) is 58.2 cm³/mol. The summed E-state index contributed by atoms with van der Waals surface area (Å²) in [6, 6.07) is 0. The monoisotopic (exact) mass is 194 g/mol. The minimum atomic E-state index is 0.799. The summed E-state index contributed by atoms with van der Waals surface area (Å²) in [6.07, 6.45) is 4.72. The zero-order chi connectivity index (χ0) is 10.2. The van der Waals surface area contributed by atoms with Gasteiger partial charge in [0, 0.05) is 13.1 Å². The summed E-state index contributed by atoms with van der Waals surface area (Å²) in [5, 5.41) is 6.39. The second-order valence-electron chi connectivity index (χ2n) is 3.10. The van der Waals surface area contributed by atoms with Crippen molar-refractivity contribution in [1.29, 1.82) is 0 Å². The quantitative estimate of drug-likeness (QED) is 0.672. The van der Waals surface area contributed by atoms with Crippen molar-refractivity contribution in [2.24, 2.45) is 0 Å². The van der Waals surface area contributed by atoms with Gasteiger partial charge in [-0.05, 0) is 19.9 Å². The van der Waals surface area contributed by atoms with Crippen LogP contribution in [0.3, 0.4) is 0 Å². The Bertz CT molecular complexity index is 245. The molecule has 0 saturated carbocycles. The molecule has 4 nitrogen and oxygen atoms in total. The van der Waals surface area contributed by atoms with Crippen LogP contribution in [0, 0.1) is 0 Å². The van der Waals surface area contributed by atoms with Gasteiger partial charge in [-0.1, -0.05) is 6.92 Å². The number of anilines is 1. The number of nitrogens with zero attached hydrogens (tertiary/aromatic N) is 2. The van der Waals surface area contributed by atoms with Crippen LogP contribution in [0.1, 0.15) is 26.0 Å². The average molecular weight is 194 g/mol. The molecule has 0 aromatic carbocycles. The zero-order valence-corrected chi connectivity index (χ0v) is 8.88. The highest BCUT2D eigenvalue weighted by molar-refractivity contribution is 5.30. The first-order valence-corrected chi connectivity index (χ1v) is 5.12. The molecule has 2 N–H and O–H groups in total. The number of aromatic nitrogens is 2. The fourth-order valence-electron chi connectivity index (χ4n) is 1.11. The van der Waals surface area contributed by atoms with E-state index in [4.69, 9.17) is 0 Å². The Labute approximate surface area is 85.2 Å². The first-order valence-electron chi connectivity index (χ1n) is 5.12. The maximum absolute atomic E-state index is 4.28. The summed E-state index contributed by atoms with van der Waals surface area (Å²) in [4.78, 5) is 8.52. The summed E-state index contributed by atoms with van der Waals surface area (Å²) >= 11 is 0. The Morgan fingerprint density at radius 2 is 2.07 bits per heavy atom. The van der Waals surface area contributed by atoms with E-state index in [1.807, 2.05) is 6.92 Å². The third-order valence-corrected chi connectivity index (χ3v) is 1.80. The van der Waals surface area contributed by atoms with Crippen molar-refractivity contribution in [3.63, 3.8) is 0 Å². The number of hydrogen-bond donors (Lipinski definition) is 2. The molecule has 0 saturated heterocycles. The van der Waals surface area contributed by atoms with Gasteiger partial charge in [0.25, 0.3) is 0 Å². The molecule has 0 spiro atoms. The molecule has 4 heteroatoms. The minimum absolute atomic E-state index is 0.799. The molecule has 0 unspecified atom stereocenters. The minimum Gasteiger partial charge on any atom is -0.369 e. The first kappa shape index (κ1) is 10.9. The molecule has 0 amide bonds. The Morgan fingerprint density at radius 3 is 2.64 bits per heavy atom. The molecule has 0 aliphatic heterocycles. The molecule has 0 bridgehead atoms. The molecule has 78 valence electrons. The van der Waals surface area contributed by atoms with Gasteiger partial charge in [0.1, 0.15) is 5.82 Å². The second kappa shape index (κ2) is 6.32. The van der Waals surface area contributed by atoms with Gasteiger partial charge in [-0.3, -0.25) is 4.98 Å². The van der Waals surface area contributed by atoms with Crippen LogP contribution in [0.5, 0.6) is 0 Å². The summed E-state index contributed by atoms with van der Waals surface area (Å²) in [5.74, 6) is 0.840. The van der Waals surface area contributed by atoms with Gasteiger partial charge < -0.3 is 10.6 Å². The predicted octanol–water partition coefficient (Wildman–Crippen LogP) is 1.41. The Morgan fingerprint density at radius 1 is 1.21 bits per heavy atom. The SMILES string of the molecule is CCCNCc1cnc(NCC)cn1. The topological polar surface area (TPSA) is 49.8 Å². The van der Waals surface area contributed by atoms with E-state index in [2.05, 4.69) is 27.5 Å². The Hall–Kier alpha value is -1.16. The van der Waals surface area contributed by atoms with Crippen molar-refractivity contribution in [1.82, 2.24) is 15.3 Å². The van der Waals surface area contributed by atoms with Crippen molar-refractivity contribution >= 4 is 5.82 Å². The summed E-state index contributed by atoms with van der Waals surface area (Å²) in [6.45, 7) is 6.89. The van der Waals surface area contributed by atoms with Crippen LogP contribution in [0.2, 0.25) is 0 Å². The third kappa shape index (κ3) is 3.70. The van der Waals surface area contributed by atoms with E-state index < -0.39 is 0 Å². The molecule has 0 aliphatic carbocycles. The normalized spacial score (nSPS) is 10.1. The van der Waals surface area contributed by atoms with E-state index >= 15 is 0 Å². The molecule has 0 fully saturated rings. The zero-order valence-electron chi connectivity index (χ0n) is 8.88. The van der Waals surface area contributed by atoms with Gasteiger partial charge >= 0.3 is 0 Å². The molecular weight excluding hydrogens is 176 g/mol. The molecule has 1 aromatic heterocycles.